The lowest BCUT2D eigenvalue weighted by Gasteiger charge is -2.08. The molecule has 0 amide bonds. The average Bonchev–Trinajstić information content (AvgIpc) is 2.22. The van der Waals surface area contributed by atoms with E-state index in [9.17, 15) is 4.39 Å². The normalized spacial score (nSPS) is 10.8. The zero-order valence-corrected chi connectivity index (χ0v) is 11.1. The van der Waals surface area contributed by atoms with Gasteiger partial charge in [0.25, 0.3) is 0 Å². The Hall–Kier alpha value is -0.580. The SMILES string of the molecule is COc1cc(Br)c2nc(Cl)cc(Cl)c2c1F. The van der Waals surface area contributed by atoms with E-state index in [2.05, 4.69) is 20.9 Å². The van der Waals surface area contributed by atoms with Gasteiger partial charge in [0.05, 0.1) is 23.0 Å². The third-order valence-corrected chi connectivity index (χ3v) is 3.18. The fourth-order valence-corrected chi connectivity index (χ4v) is 2.41. The Morgan fingerprint density at radius 3 is 2.69 bits per heavy atom. The molecule has 1 aromatic carbocycles. The van der Waals surface area contributed by atoms with Crippen molar-refractivity contribution < 1.29 is 9.13 Å². The lowest BCUT2D eigenvalue weighted by atomic mass is 10.2. The molecule has 2 rings (SSSR count). The first-order valence-electron chi connectivity index (χ1n) is 4.22. The van der Waals surface area contributed by atoms with Gasteiger partial charge in [-0.3, -0.25) is 0 Å². The molecule has 0 aliphatic rings. The van der Waals surface area contributed by atoms with Crippen LogP contribution in [0.25, 0.3) is 10.9 Å². The monoisotopic (exact) mass is 323 g/mol. The van der Waals surface area contributed by atoms with Crippen LogP contribution in [0.3, 0.4) is 0 Å². The van der Waals surface area contributed by atoms with Gasteiger partial charge in [-0.15, -0.1) is 0 Å². The molecule has 0 unspecified atom stereocenters. The third-order valence-electron chi connectivity index (χ3n) is 2.08. The maximum Gasteiger partial charge on any atom is 0.176 e. The predicted octanol–water partition coefficient (Wildman–Crippen LogP) is 4.45. The van der Waals surface area contributed by atoms with Crippen molar-refractivity contribution in [2.24, 2.45) is 0 Å². The van der Waals surface area contributed by atoms with Crippen molar-refractivity contribution in [3.63, 3.8) is 0 Å². The number of aromatic nitrogens is 1. The summed E-state index contributed by atoms with van der Waals surface area (Å²) >= 11 is 14.9. The minimum Gasteiger partial charge on any atom is -0.494 e. The van der Waals surface area contributed by atoms with Gasteiger partial charge < -0.3 is 4.74 Å². The van der Waals surface area contributed by atoms with E-state index in [1.165, 1.54) is 19.2 Å². The average molecular weight is 325 g/mol. The predicted molar refractivity (Wildman–Crippen MR) is 66.0 cm³/mol. The minimum absolute atomic E-state index is 0.102. The fraction of sp³-hybridized carbons (Fsp3) is 0.100. The van der Waals surface area contributed by atoms with Crippen molar-refractivity contribution in [2.75, 3.05) is 7.11 Å². The van der Waals surface area contributed by atoms with Gasteiger partial charge in [0.15, 0.2) is 11.6 Å². The number of rotatable bonds is 1. The van der Waals surface area contributed by atoms with E-state index in [0.29, 0.717) is 9.99 Å². The van der Waals surface area contributed by atoms with Crippen LogP contribution in [-0.4, -0.2) is 12.1 Å². The number of benzene rings is 1. The van der Waals surface area contributed by atoms with Gasteiger partial charge in [0.1, 0.15) is 5.15 Å². The molecule has 0 N–H and O–H groups in total. The minimum atomic E-state index is -0.546. The summed E-state index contributed by atoms with van der Waals surface area (Å²) in [6, 6.07) is 2.87. The molecule has 84 valence electrons. The number of pyridine rings is 1. The summed E-state index contributed by atoms with van der Waals surface area (Å²) in [5.74, 6) is -0.444. The molecule has 2 nitrogen and oxygen atoms in total. The molecule has 0 aliphatic heterocycles. The molecule has 0 atom stereocenters. The van der Waals surface area contributed by atoms with Crippen LogP contribution in [0.5, 0.6) is 5.75 Å². The molecule has 6 heteroatoms. The van der Waals surface area contributed by atoms with Crippen molar-refractivity contribution >= 4 is 50.0 Å². The van der Waals surface area contributed by atoms with Gasteiger partial charge in [0.2, 0.25) is 0 Å². The van der Waals surface area contributed by atoms with Gasteiger partial charge in [-0.05, 0) is 28.1 Å². The highest BCUT2D eigenvalue weighted by Crippen LogP contribution is 2.36. The van der Waals surface area contributed by atoms with E-state index in [1.54, 1.807) is 0 Å². The number of nitrogens with zero attached hydrogens (tertiary/aromatic N) is 1. The number of ether oxygens (including phenoxy) is 1. The van der Waals surface area contributed by atoms with Crippen molar-refractivity contribution in [3.8, 4) is 5.75 Å². The maximum atomic E-state index is 13.9. The largest absolute Gasteiger partial charge is 0.494 e. The summed E-state index contributed by atoms with van der Waals surface area (Å²) in [6.07, 6.45) is 0. The van der Waals surface area contributed by atoms with Crippen LogP contribution in [0, 0.1) is 5.82 Å². The fourth-order valence-electron chi connectivity index (χ4n) is 1.38. The zero-order valence-electron chi connectivity index (χ0n) is 8.02. The van der Waals surface area contributed by atoms with Crippen LogP contribution in [0.1, 0.15) is 0 Å². The molecule has 0 saturated heterocycles. The quantitative estimate of drug-likeness (QED) is 0.723. The zero-order chi connectivity index (χ0) is 11.9. The first-order chi connectivity index (χ1) is 7.54. The molecule has 0 bridgehead atoms. The van der Waals surface area contributed by atoms with Gasteiger partial charge in [-0.1, -0.05) is 23.2 Å². The maximum absolute atomic E-state index is 13.9. The highest BCUT2D eigenvalue weighted by atomic mass is 79.9. The summed E-state index contributed by atoms with van der Waals surface area (Å²) in [4.78, 5) is 4.01. The van der Waals surface area contributed by atoms with Crippen LogP contribution in [0.4, 0.5) is 4.39 Å². The van der Waals surface area contributed by atoms with Gasteiger partial charge in [0, 0.05) is 4.47 Å². The lowest BCUT2D eigenvalue weighted by Crippen LogP contribution is -1.93. The number of methoxy groups -OCH3 is 1. The first-order valence-corrected chi connectivity index (χ1v) is 5.77. The smallest absolute Gasteiger partial charge is 0.176 e. The first kappa shape index (κ1) is 11.9. The number of halogens is 4. The second kappa shape index (κ2) is 4.35. The van der Waals surface area contributed by atoms with E-state index >= 15 is 0 Å². The summed E-state index contributed by atoms with van der Waals surface area (Å²) in [7, 11) is 1.38. The van der Waals surface area contributed by atoms with Gasteiger partial charge in [-0.2, -0.15) is 0 Å². The van der Waals surface area contributed by atoms with E-state index in [-0.39, 0.29) is 21.3 Å². The van der Waals surface area contributed by atoms with E-state index in [4.69, 9.17) is 27.9 Å². The molecular weight excluding hydrogens is 320 g/mol. The van der Waals surface area contributed by atoms with Gasteiger partial charge in [-0.25, -0.2) is 9.37 Å². The Morgan fingerprint density at radius 2 is 2.06 bits per heavy atom. The highest BCUT2D eigenvalue weighted by molar-refractivity contribution is 9.10. The second-order valence-corrected chi connectivity index (χ2v) is 4.67. The Kier molecular flexibility index (Phi) is 3.24. The van der Waals surface area contributed by atoms with Crippen LogP contribution < -0.4 is 4.74 Å². The highest BCUT2D eigenvalue weighted by Gasteiger charge is 2.16. The third kappa shape index (κ3) is 1.85. The Labute approximate surface area is 109 Å². The molecular formula is C10H5BrCl2FNO. The van der Waals surface area contributed by atoms with Crippen molar-refractivity contribution in [1.29, 1.82) is 0 Å². The number of hydrogen-bond donors (Lipinski definition) is 0. The van der Waals surface area contributed by atoms with Crippen molar-refractivity contribution in [2.45, 2.75) is 0 Å². The molecule has 0 spiro atoms. The van der Waals surface area contributed by atoms with Gasteiger partial charge >= 0.3 is 0 Å². The van der Waals surface area contributed by atoms with E-state index in [0.717, 1.165) is 0 Å². The molecule has 1 aromatic heterocycles. The van der Waals surface area contributed by atoms with Crippen LogP contribution in [0.15, 0.2) is 16.6 Å². The molecule has 0 saturated carbocycles. The van der Waals surface area contributed by atoms with Crippen LogP contribution in [0.2, 0.25) is 10.2 Å². The summed E-state index contributed by atoms with van der Waals surface area (Å²) < 4.78 is 19.4. The number of hydrogen-bond acceptors (Lipinski definition) is 2. The van der Waals surface area contributed by atoms with E-state index in [1.807, 2.05) is 0 Å². The van der Waals surface area contributed by atoms with Crippen molar-refractivity contribution in [1.82, 2.24) is 4.98 Å². The summed E-state index contributed by atoms with van der Waals surface area (Å²) in [6.45, 7) is 0. The van der Waals surface area contributed by atoms with Crippen molar-refractivity contribution in [3.05, 3.63) is 32.6 Å². The van der Waals surface area contributed by atoms with Crippen LogP contribution in [-0.2, 0) is 0 Å². The Bertz CT molecular complexity index is 576. The number of fused-ring (bicyclic) bond motifs is 1. The molecule has 0 radical (unpaired) electrons. The Morgan fingerprint density at radius 1 is 1.38 bits per heavy atom. The summed E-state index contributed by atoms with van der Waals surface area (Å²) in [5.41, 5.74) is 0.371. The summed E-state index contributed by atoms with van der Waals surface area (Å²) in [5, 5.41) is 0.604. The topological polar surface area (TPSA) is 22.1 Å². The molecule has 2 aromatic rings. The molecule has 0 fully saturated rings. The standard InChI is InChI=1S/C10H5BrCl2FNO/c1-16-6-2-4(11)10-8(9(6)14)5(12)3-7(13)15-10/h2-3H,1H3. The molecule has 16 heavy (non-hydrogen) atoms. The molecule has 1 heterocycles. The lowest BCUT2D eigenvalue weighted by molar-refractivity contribution is 0.388. The molecule has 0 aliphatic carbocycles. The Balaban J connectivity index is 2.96. The second-order valence-electron chi connectivity index (χ2n) is 3.03. The van der Waals surface area contributed by atoms with E-state index < -0.39 is 5.82 Å². The van der Waals surface area contributed by atoms with Crippen LogP contribution >= 0.6 is 39.1 Å².